The van der Waals surface area contributed by atoms with Gasteiger partial charge >= 0.3 is 0 Å². The van der Waals surface area contributed by atoms with Gasteiger partial charge in [0, 0.05) is 29.8 Å². The Morgan fingerprint density at radius 2 is 2.29 bits per heavy atom. The zero-order valence-corrected chi connectivity index (χ0v) is 14.4. The second-order valence-corrected chi connectivity index (χ2v) is 7.46. The molecule has 21 heavy (non-hydrogen) atoms. The van der Waals surface area contributed by atoms with Crippen LogP contribution in [-0.2, 0) is 6.42 Å². The predicted octanol–water partition coefficient (Wildman–Crippen LogP) is 4.71. The number of rotatable bonds is 4. The minimum absolute atomic E-state index is 0.480. The minimum atomic E-state index is 0.480. The third-order valence-electron chi connectivity index (χ3n) is 4.18. The van der Waals surface area contributed by atoms with Crippen LogP contribution in [0, 0.1) is 0 Å². The number of hydrogen-bond acceptors (Lipinski definition) is 3. The van der Waals surface area contributed by atoms with Gasteiger partial charge < -0.3 is 4.57 Å². The number of pyridine rings is 1. The average Bonchev–Trinajstić information content (AvgIpc) is 2.84. The standard InChI is InChI=1S/C15H19Cl2N3S/c1-21-12-4-2-3-11(8-12)20-14(5-6-16)19-13-7-10(17)9-18-15(13)20/h7,9,11-12H,2-6,8H2,1H3. The molecule has 0 spiro atoms. The monoisotopic (exact) mass is 343 g/mol. The molecule has 2 atom stereocenters. The summed E-state index contributed by atoms with van der Waals surface area (Å²) in [5.41, 5.74) is 1.83. The molecule has 0 N–H and O–H groups in total. The van der Waals surface area contributed by atoms with Crippen LogP contribution in [-0.4, -0.2) is 31.9 Å². The Labute approximate surface area is 139 Å². The maximum Gasteiger partial charge on any atom is 0.160 e. The van der Waals surface area contributed by atoms with Crippen LogP contribution in [0.25, 0.3) is 11.2 Å². The lowest BCUT2D eigenvalue weighted by molar-refractivity contribution is 0.359. The maximum atomic E-state index is 6.05. The van der Waals surface area contributed by atoms with Crippen molar-refractivity contribution in [2.75, 3.05) is 12.1 Å². The minimum Gasteiger partial charge on any atom is -0.310 e. The molecular weight excluding hydrogens is 325 g/mol. The van der Waals surface area contributed by atoms with E-state index in [-0.39, 0.29) is 0 Å². The SMILES string of the molecule is CSC1CCCC(n2c(CCCl)nc3cc(Cl)cnc32)C1. The van der Waals surface area contributed by atoms with Crippen molar-refractivity contribution >= 4 is 46.1 Å². The molecule has 2 heterocycles. The Hall–Kier alpha value is -0.450. The average molecular weight is 344 g/mol. The normalized spacial score (nSPS) is 22.8. The number of halogens is 2. The number of alkyl halides is 1. The van der Waals surface area contributed by atoms with Crippen LogP contribution in [0.5, 0.6) is 0 Å². The highest BCUT2D eigenvalue weighted by atomic mass is 35.5. The van der Waals surface area contributed by atoms with Gasteiger partial charge in [-0.05, 0) is 31.6 Å². The molecule has 2 aromatic rings. The summed E-state index contributed by atoms with van der Waals surface area (Å²) in [6, 6.07) is 2.38. The molecule has 0 aromatic carbocycles. The summed E-state index contributed by atoms with van der Waals surface area (Å²) >= 11 is 14.0. The van der Waals surface area contributed by atoms with Crippen LogP contribution in [0.1, 0.15) is 37.5 Å². The number of fused-ring (bicyclic) bond motifs is 1. The second-order valence-electron chi connectivity index (χ2n) is 5.51. The van der Waals surface area contributed by atoms with Gasteiger partial charge in [0.25, 0.3) is 0 Å². The van der Waals surface area contributed by atoms with Gasteiger partial charge in [-0.3, -0.25) is 0 Å². The number of nitrogens with zero attached hydrogens (tertiary/aromatic N) is 3. The Bertz CT molecular complexity index is 629. The molecule has 0 radical (unpaired) electrons. The lowest BCUT2D eigenvalue weighted by Crippen LogP contribution is -2.22. The van der Waals surface area contributed by atoms with E-state index in [9.17, 15) is 0 Å². The molecule has 1 aliphatic carbocycles. The third kappa shape index (κ3) is 3.17. The zero-order chi connectivity index (χ0) is 14.8. The van der Waals surface area contributed by atoms with Gasteiger partial charge in [-0.2, -0.15) is 11.8 Å². The first-order valence-electron chi connectivity index (χ1n) is 7.34. The Balaban J connectivity index is 2.04. The number of aromatic nitrogens is 3. The molecule has 6 heteroatoms. The van der Waals surface area contributed by atoms with Crippen molar-refractivity contribution in [3.05, 3.63) is 23.1 Å². The molecule has 1 aliphatic rings. The van der Waals surface area contributed by atoms with Crippen molar-refractivity contribution < 1.29 is 0 Å². The van der Waals surface area contributed by atoms with Crippen LogP contribution in [0.4, 0.5) is 0 Å². The van der Waals surface area contributed by atoms with Crippen molar-refractivity contribution in [1.82, 2.24) is 14.5 Å². The highest BCUT2D eigenvalue weighted by molar-refractivity contribution is 7.99. The second kappa shape index (κ2) is 6.76. The van der Waals surface area contributed by atoms with Gasteiger partial charge in [0.2, 0.25) is 0 Å². The molecule has 1 fully saturated rings. The maximum absolute atomic E-state index is 6.05. The fourth-order valence-corrected chi connectivity index (χ4v) is 4.36. The van der Waals surface area contributed by atoms with Crippen LogP contribution >= 0.6 is 35.0 Å². The molecular formula is C15H19Cl2N3S. The van der Waals surface area contributed by atoms with E-state index in [4.69, 9.17) is 28.2 Å². The molecule has 3 nitrogen and oxygen atoms in total. The van der Waals surface area contributed by atoms with Crippen LogP contribution in [0.3, 0.4) is 0 Å². The van der Waals surface area contributed by atoms with Gasteiger partial charge in [-0.15, -0.1) is 11.6 Å². The molecule has 3 rings (SSSR count). The largest absolute Gasteiger partial charge is 0.310 e. The Morgan fingerprint density at radius 3 is 3.05 bits per heavy atom. The molecule has 1 saturated carbocycles. The zero-order valence-electron chi connectivity index (χ0n) is 12.1. The summed E-state index contributed by atoms with van der Waals surface area (Å²) < 4.78 is 2.32. The number of aryl methyl sites for hydroxylation is 1. The first kappa shape index (κ1) is 15.4. The van der Waals surface area contributed by atoms with Crippen LogP contribution < -0.4 is 0 Å². The predicted molar refractivity (Wildman–Crippen MR) is 91.8 cm³/mol. The summed E-state index contributed by atoms with van der Waals surface area (Å²) in [5.74, 6) is 1.62. The third-order valence-corrected chi connectivity index (χ3v) is 5.68. The van der Waals surface area contributed by atoms with Crippen molar-refractivity contribution in [3.8, 4) is 0 Å². The molecule has 0 bridgehead atoms. The van der Waals surface area contributed by atoms with Crippen LogP contribution in [0.2, 0.25) is 5.02 Å². The lowest BCUT2D eigenvalue weighted by Gasteiger charge is -2.30. The van der Waals surface area contributed by atoms with Crippen LogP contribution in [0.15, 0.2) is 12.3 Å². The summed E-state index contributed by atoms with van der Waals surface area (Å²) in [5, 5.41) is 1.37. The quantitative estimate of drug-likeness (QED) is 0.753. The van der Waals surface area contributed by atoms with E-state index in [0.717, 1.165) is 28.7 Å². The summed E-state index contributed by atoms with van der Waals surface area (Å²) in [4.78, 5) is 9.24. The number of hydrogen-bond donors (Lipinski definition) is 0. The smallest absolute Gasteiger partial charge is 0.160 e. The molecule has 0 saturated heterocycles. The summed E-state index contributed by atoms with van der Waals surface area (Å²) in [6.07, 6.45) is 9.65. The van der Waals surface area contributed by atoms with E-state index < -0.39 is 0 Å². The molecule has 114 valence electrons. The fourth-order valence-electron chi connectivity index (χ4n) is 3.22. The Kier molecular flexibility index (Phi) is 4.97. The van der Waals surface area contributed by atoms with E-state index >= 15 is 0 Å². The van der Waals surface area contributed by atoms with Gasteiger partial charge in [0.15, 0.2) is 5.65 Å². The fraction of sp³-hybridized carbons (Fsp3) is 0.600. The summed E-state index contributed by atoms with van der Waals surface area (Å²) in [6.45, 7) is 0. The first-order chi connectivity index (χ1) is 10.2. The van der Waals surface area contributed by atoms with Crippen molar-refractivity contribution in [3.63, 3.8) is 0 Å². The number of imidazole rings is 1. The Morgan fingerprint density at radius 1 is 1.43 bits per heavy atom. The van der Waals surface area contributed by atoms with Gasteiger partial charge in [-0.25, -0.2) is 9.97 Å². The molecule has 0 amide bonds. The van der Waals surface area contributed by atoms with E-state index in [0.29, 0.717) is 16.9 Å². The highest BCUT2D eigenvalue weighted by Gasteiger charge is 2.26. The van der Waals surface area contributed by atoms with E-state index in [1.54, 1.807) is 6.20 Å². The van der Waals surface area contributed by atoms with Gasteiger partial charge in [-0.1, -0.05) is 18.0 Å². The van der Waals surface area contributed by atoms with Crippen molar-refractivity contribution in [2.45, 2.75) is 43.4 Å². The first-order valence-corrected chi connectivity index (χ1v) is 9.54. The lowest BCUT2D eigenvalue weighted by atomic mass is 9.94. The van der Waals surface area contributed by atoms with Gasteiger partial charge in [0.1, 0.15) is 11.3 Å². The van der Waals surface area contributed by atoms with Crippen molar-refractivity contribution in [2.24, 2.45) is 0 Å². The summed E-state index contributed by atoms with van der Waals surface area (Å²) in [7, 11) is 0. The molecule has 0 aliphatic heterocycles. The molecule has 2 aromatic heterocycles. The highest BCUT2D eigenvalue weighted by Crippen LogP contribution is 2.36. The van der Waals surface area contributed by atoms with E-state index in [2.05, 4.69) is 15.8 Å². The van der Waals surface area contributed by atoms with Crippen molar-refractivity contribution in [1.29, 1.82) is 0 Å². The topological polar surface area (TPSA) is 30.7 Å². The molecule has 2 unspecified atom stereocenters. The van der Waals surface area contributed by atoms with Gasteiger partial charge in [0.05, 0.1) is 5.02 Å². The number of thioether (sulfide) groups is 1. The van der Waals surface area contributed by atoms with E-state index in [1.165, 1.54) is 25.7 Å². The van der Waals surface area contributed by atoms with E-state index in [1.807, 2.05) is 17.8 Å².